The predicted molar refractivity (Wildman–Crippen MR) is 98.1 cm³/mol. The Morgan fingerprint density at radius 2 is 1.93 bits per heavy atom. The van der Waals surface area contributed by atoms with E-state index in [2.05, 4.69) is 4.98 Å². The van der Waals surface area contributed by atoms with Gasteiger partial charge in [0.05, 0.1) is 10.6 Å². The van der Waals surface area contributed by atoms with Gasteiger partial charge in [0.2, 0.25) is 0 Å². The summed E-state index contributed by atoms with van der Waals surface area (Å²) in [4.78, 5) is 4.26. The number of hydrogen-bond acceptors (Lipinski definition) is 1. The molecule has 1 aromatic heterocycles. The zero-order chi connectivity index (χ0) is 19.4. The van der Waals surface area contributed by atoms with Gasteiger partial charge in [-0.3, -0.25) is 4.98 Å². The van der Waals surface area contributed by atoms with E-state index in [0.29, 0.717) is 23.2 Å². The van der Waals surface area contributed by atoms with E-state index in [4.69, 9.17) is 11.6 Å². The van der Waals surface area contributed by atoms with Crippen LogP contribution < -0.4 is 0 Å². The highest BCUT2D eigenvalue weighted by atomic mass is 35.5. The van der Waals surface area contributed by atoms with Crippen molar-refractivity contribution < 1.29 is 17.6 Å². The Labute approximate surface area is 159 Å². The smallest absolute Gasteiger partial charge is 0.259 e. The summed E-state index contributed by atoms with van der Waals surface area (Å²) in [5, 5.41) is 0.422. The number of aromatic nitrogens is 1. The fourth-order valence-corrected chi connectivity index (χ4v) is 3.09. The number of allylic oxidation sites excluding steroid dienone is 6. The molecular formula is C21H16ClF4N. The second-order valence-corrected chi connectivity index (χ2v) is 6.67. The van der Waals surface area contributed by atoms with Crippen molar-refractivity contribution >= 4 is 11.6 Å². The average Bonchev–Trinajstić information content (AvgIpc) is 2.88. The molecule has 6 heteroatoms. The van der Waals surface area contributed by atoms with Gasteiger partial charge >= 0.3 is 6.18 Å². The maximum Gasteiger partial charge on any atom is 0.416 e. The van der Waals surface area contributed by atoms with Crippen LogP contribution in [0.25, 0.3) is 0 Å². The first-order valence-corrected chi connectivity index (χ1v) is 8.72. The van der Waals surface area contributed by atoms with Gasteiger partial charge in [0.15, 0.2) is 0 Å². The van der Waals surface area contributed by atoms with Crippen LogP contribution >= 0.6 is 11.6 Å². The van der Waals surface area contributed by atoms with Gasteiger partial charge < -0.3 is 0 Å². The topological polar surface area (TPSA) is 12.9 Å². The van der Waals surface area contributed by atoms with E-state index in [1.165, 1.54) is 6.20 Å². The summed E-state index contributed by atoms with van der Waals surface area (Å²) >= 11 is 5.88. The Kier molecular flexibility index (Phi) is 5.80. The molecule has 0 saturated heterocycles. The average molecular weight is 394 g/mol. The monoisotopic (exact) mass is 393 g/mol. The SMILES string of the molecule is Fc1cc(C(CC2=CCC=CC=C2)c2ccc(Cl)cn2)cc(C(F)(F)F)c1. The highest BCUT2D eigenvalue weighted by molar-refractivity contribution is 6.30. The summed E-state index contributed by atoms with van der Waals surface area (Å²) in [5.41, 5.74) is 0.691. The van der Waals surface area contributed by atoms with Gasteiger partial charge in [0.25, 0.3) is 0 Å². The fourth-order valence-electron chi connectivity index (χ4n) is 2.97. The first-order valence-electron chi connectivity index (χ1n) is 8.34. The molecule has 1 aromatic carbocycles. The van der Waals surface area contributed by atoms with Crippen LogP contribution in [0.2, 0.25) is 5.02 Å². The van der Waals surface area contributed by atoms with Gasteiger partial charge in [0, 0.05) is 17.8 Å². The number of halogens is 5. The van der Waals surface area contributed by atoms with Crippen LogP contribution in [0.4, 0.5) is 17.6 Å². The molecule has 2 aromatic rings. The Hall–Kier alpha value is -2.40. The van der Waals surface area contributed by atoms with Gasteiger partial charge in [0.1, 0.15) is 5.82 Å². The van der Waals surface area contributed by atoms with Crippen molar-refractivity contribution in [2.45, 2.75) is 24.9 Å². The Balaban J connectivity index is 2.05. The summed E-state index contributed by atoms with van der Waals surface area (Å²) in [6, 6.07) is 5.91. The van der Waals surface area contributed by atoms with E-state index in [9.17, 15) is 17.6 Å². The molecule has 3 rings (SSSR count). The van der Waals surface area contributed by atoms with E-state index in [0.717, 1.165) is 24.1 Å². The largest absolute Gasteiger partial charge is 0.416 e. The van der Waals surface area contributed by atoms with Crippen LogP contribution in [0.1, 0.15) is 35.6 Å². The molecule has 0 bridgehead atoms. The minimum Gasteiger partial charge on any atom is -0.259 e. The van der Waals surface area contributed by atoms with E-state index in [-0.39, 0.29) is 5.56 Å². The second kappa shape index (κ2) is 8.09. The minimum atomic E-state index is -4.62. The summed E-state index contributed by atoms with van der Waals surface area (Å²) in [5.74, 6) is -1.46. The molecule has 1 aliphatic carbocycles. The molecule has 0 saturated carbocycles. The third kappa shape index (κ3) is 5.07. The lowest BCUT2D eigenvalue weighted by Gasteiger charge is -2.20. The predicted octanol–water partition coefficient (Wildman–Crippen LogP) is 6.86. The van der Waals surface area contributed by atoms with Gasteiger partial charge in [-0.1, -0.05) is 47.6 Å². The maximum atomic E-state index is 14.0. The van der Waals surface area contributed by atoms with Crippen LogP contribution in [0.15, 0.2) is 72.5 Å². The number of rotatable bonds is 4. The summed E-state index contributed by atoms with van der Waals surface area (Å²) in [6.45, 7) is 0. The van der Waals surface area contributed by atoms with E-state index < -0.39 is 23.5 Å². The van der Waals surface area contributed by atoms with Gasteiger partial charge in [-0.25, -0.2) is 4.39 Å². The quantitative estimate of drug-likeness (QED) is 0.517. The molecule has 1 nitrogen and oxygen atoms in total. The third-order valence-electron chi connectivity index (χ3n) is 4.27. The zero-order valence-corrected chi connectivity index (χ0v) is 14.9. The summed E-state index contributed by atoms with van der Waals surface area (Å²) in [7, 11) is 0. The molecule has 0 aliphatic heterocycles. The molecule has 0 spiro atoms. The molecule has 1 heterocycles. The lowest BCUT2D eigenvalue weighted by Crippen LogP contribution is -2.10. The fraction of sp³-hybridized carbons (Fsp3) is 0.190. The molecule has 0 fully saturated rings. The first-order chi connectivity index (χ1) is 12.8. The molecular weight excluding hydrogens is 378 g/mol. The maximum absolute atomic E-state index is 14.0. The molecule has 0 N–H and O–H groups in total. The first kappa shape index (κ1) is 19.4. The third-order valence-corrected chi connectivity index (χ3v) is 4.49. The van der Waals surface area contributed by atoms with Crippen molar-refractivity contribution in [1.29, 1.82) is 0 Å². The van der Waals surface area contributed by atoms with Crippen LogP contribution in [0.3, 0.4) is 0 Å². The van der Waals surface area contributed by atoms with Crippen molar-refractivity contribution in [2.75, 3.05) is 0 Å². The number of hydrogen-bond donors (Lipinski definition) is 0. The van der Waals surface area contributed by atoms with Crippen LogP contribution in [0.5, 0.6) is 0 Å². The van der Waals surface area contributed by atoms with Crippen LogP contribution in [-0.4, -0.2) is 4.98 Å². The van der Waals surface area contributed by atoms with Gasteiger partial charge in [-0.15, -0.1) is 0 Å². The molecule has 0 radical (unpaired) electrons. The molecule has 27 heavy (non-hydrogen) atoms. The lowest BCUT2D eigenvalue weighted by molar-refractivity contribution is -0.137. The van der Waals surface area contributed by atoms with Crippen LogP contribution in [0, 0.1) is 5.82 Å². The van der Waals surface area contributed by atoms with Crippen LogP contribution in [-0.2, 0) is 6.18 Å². The van der Waals surface area contributed by atoms with Crippen molar-refractivity contribution in [3.8, 4) is 0 Å². The Morgan fingerprint density at radius 3 is 2.63 bits per heavy atom. The van der Waals surface area contributed by atoms with Gasteiger partial charge in [-0.2, -0.15) is 13.2 Å². The minimum absolute atomic E-state index is 0.226. The summed E-state index contributed by atoms with van der Waals surface area (Å²) < 4.78 is 53.4. The van der Waals surface area contributed by atoms with Gasteiger partial charge in [-0.05, 0) is 48.7 Å². The highest BCUT2D eigenvalue weighted by Gasteiger charge is 2.32. The van der Waals surface area contributed by atoms with Crippen molar-refractivity contribution in [3.05, 3.63) is 100 Å². The summed E-state index contributed by atoms with van der Waals surface area (Å²) in [6.07, 6.45) is 7.58. The Morgan fingerprint density at radius 1 is 1.11 bits per heavy atom. The highest BCUT2D eigenvalue weighted by Crippen LogP contribution is 2.36. The molecule has 1 aliphatic rings. The molecule has 1 atom stereocenters. The van der Waals surface area contributed by atoms with E-state index in [1.54, 1.807) is 12.1 Å². The molecule has 1 unspecified atom stereocenters. The molecule has 140 valence electrons. The molecule has 0 amide bonds. The van der Waals surface area contributed by atoms with Crippen molar-refractivity contribution in [1.82, 2.24) is 4.98 Å². The Bertz CT molecular complexity index is 895. The zero-order valence-electron chi connectivity index (χ0n) is 14.2. The number of nitrogens with zero attached hydrogens (tertiary/aromatic N) is 1. The standard InChI is InChI=1S/C21H16ClF4N/c22-17-7-8-20(27-13-17)19(9-14-5-3-1-2-4-6-14)15-10-16(21(24,25)26)12-18(23)11-15/h1-3,5-8,10-13,19H,4,9H2. The lowest BCUT2D eigenvalue weighted by atomic mass is 9.87. The van der Waals surface area contributed by atoms with E-state index in [1.807, 2.05) is 30.4 Å². The second-order valence-electron chi connectivity index (χ2n) is 6.23. The van der Waals surface area contributed by atoms with Crippen molar-refractivity contribution in [2.24, 2.45) is 0 Å². The normalized spacial score (nSPS) is 15.4. The van der Waals surface area contributed by atoms with Crippen molar-refractivity contribution in [3.63, 3.8) is 0 Å². The number of pyridine rings is 1. The van der Waals surface area contributed by atoms with E-state index >= 15 is 0 Å². The number of benzene rings is 1. The number of alkyl halides is 3.